The summed E-state index contributed by atoms with van der Waals surface area (Å²) >= 11 is 12.5. The van der Waals surface area contributed by atoms with Gasteiger partial charge in [-0.15, -0.1) is 0 Å². The molecule has 164 valence electrons. The second-order valence-corrected chi connectivity index (χ2v) is 7.84. The van der Waals surface area contributed by atoms with Crippen LogP contribution in [0.2, 0.25) is 10.0 Å². The highest BCUT2D eigenvalue weighted by Crippen LogP contribution is 2.37. The Balaban J connectivity index is 1.61. The molecular formula is C25H27Cl2NO3. The third-order valence-electron chi connectivity index (χ3n) is 4.76. The van der Waals surface area contributed by atoms with Crippen LogP contribution in [0.5, 0.6) is 17.2 Å². The van der Waals surface area contributed by atoms with Gasteiger partial charge < -0.3 is 19.5 Å². The van der Waals surface area contributed by atoms with Crippen LogP contribution in [0, 0.1) is 0 Å². The molecule has 0 aliphatic rings. The second kappa shape index (κ2) is 11.8. The highest BCUT2D eigenvalue weighted by Gasteiger charge is 2.13. The van der Waals surface area contributed by atoms with Crippen LogP contribution in [0.15, 0.2) is 60.7 Å². The van der Waals surface area contributed by atoms with E-state index in [1.54, 1.807) is 7.11 Å². The minimum absolute atomic E-state index is 0.382. The molecule has 31 heavy (non-hydrogen) atoms. The third-order valence-corrected chi connectivity index (χ3v) is 5.29. The van der Waals surface area contributed by atoms with Gasteiger partial charge >= 0.3 is 0 Å². The molecule has 3 aromatic carbocycles. The molecule has 0 saturated heterocycles. The topological polar surface area (TPSA) is 39.7 Å². The van der Waals surface area contributed by atoms with Gasteiger partial charge in [-0.1, -0.05) is 53.5 Å². The first-order valence-electron chi connectivity index (χ1n) is 10.3. The largest absolute Gasteiger partial charge is 0.496 e. The molecule has 3 aromatic rings. The summed E-state index contributed by atoms with van der Waals surface area (Å²) < 4.78 is 17.2. The van der Waals surface area contributed by atoms with Crippen molar-refractivity contribution in [3.8, 4) is 17.2 Å². The lowest BCUT2D eigenvalue weighted by Gasteiger charge is -2.16. The summed E-state index contributed by atoms with van der Waals surface area (Å²) in [4.78, 5) is 0. The summed E-state index contributed by atoms with van der Waals surface area (Å²) in [5.41, 5.74) is 3.22. The van der Waals surface area contributed by atoms with Crippen molar-refractivity contribution in [3.63, 3.8) is 0 Å². The first kappa shape index (κ1) is 23.3. The number of benzene rings is 3. The van der Waals surface area contributed by atoms with Crippen LogP contribution in [0.4, 0.5) is 0 Å². The smallest absolute Gasteiger partial charge is 0.180 e. The molecule has 0 amide bonds. The van der Waals surface area contributed by atoms with Gasteiger partial charge in [-0.3, -0.25) is 0 Å². The number of ether oxygens (including phenoxy) is 3. The molecule has 4 nitrogen and oxygen atoms in total. The summed E-state index contributed by atoms with van der Waals surface area (Å²) in [6.45, 7) is 4.34. The molecule has 0 aliphatic heterocycles. The van der Waals surface area contributed by atoms with E-state index in [9.17, 15) is 0 Å². The van der Waals surface area contributed by atoms with Crippen LogP contribution < -0.4 is 19.5 Å². The molecule has 0 atom stereocenters. The Bertz CT molecular complexity index is 977. The first-order chi connectivity index (χ1) is 15.1. The van der Waals surface area contributed by atoms with Crippen molar-refractivity contribution in [1.29, 1.82) is 0 Å². The van der Waals surface area contributed by atoms with Crippen LogP contribution >= 0.6 is 23.2 Å². The van der Waals surface area contributed by atoms with E-state index < -0.39 is 0 Å². The summed E-state index contributed by atoms with van der Waals surface area (Å²) in [6.07, 6.45) is 0.873. The van der Waals surface area contributed by atoms with Gasteiger partial charge in [0.15, 0.2) is 11.5 Å². The predicted octanol–water partition coefficient (Wildman–Crippen LogP) is 6.31. The average Bonchev–Trinajstić information content (AvgIpc) is 2.78. The van der Waals surface area contributed by atoms with E-state index in [0.29, 0.717) is 41.3 Å². The summed E-state index contributed by atoms with van der Waals surface area (Å²) in [5.74, 6) is 2.11. The van der Waals surface area contributed by atoms with Crippen molar-refractivity contribution < 1.29 is 14.2 Å². The number of para-hydroxylation sites is 1. The highest BCUT2D eigenvalue weighted by atomic mass is 35.5. The molecule has 0 unspecified atom stereocenters. The molecule has 0 saturated carbocycles. The fourth-order valence-electron chi connectivity index (χ4n) is 3.23. The quantitative estimate of drug-likeness (QED) is 0.341. The Hall–Kier alpha value is -2.40. The van der Waals surface area contributed by atoms with E-state index >= 15 is 0 Å². The summed E-state index contributed by atoms with van der Waals surface area (Å²) in [5, 5.41) is 4.68. The van der Waals surface area contributed by atoms with Crippen molar-refractivity contribution in [2.75, 3.05) is 20.3 Å². The normalized spacial score (nSPS) is 10.7. The summed E-state index contributed by atoms with van der Waals surface area (Å²) in [7, 11) is 1.69. The molecule has 3 rings (SSSR count). The number of halogens is 2. The Morgan fingerprint density at radius 3 is 2.39 bits per heavy atom. The van der Waals surface area contributed by atoms with Crippen LogP contribution in [0.25, 0.3) is 0 Å². The van der Waals surface area contributed by atoms with Crippen molar-refractivity contribution in [1.82, 2.24) is 5.32 Å². The van der Waals surface area contributed by atoms with E-state index in [1.807, 2.05) is 61.5 Å². The van der Waals surface area contributed by atoms with Gasteiger partial charge in [-0.05, 0) is 66.9 Å². The number of hydrogen-bond donors (Lipinski definition) is 1. The number of nitrogens with one attached hydrogen (secondary N) is 1. The van der Waals surface area contributed by atoms with Crippen LogP contribution in [-0.2, 0) is 19.6 Å². The maximum absolute atomic E-state index is 6.54. The minimum Gasteiger partial charge on any atom is -0.496 e. The molecule has 0 aliphatic carbocycles. The fourth-order valence-corrected chi connectivity index (χ4v) is 3.64. The monoisotopic (exact) mass is 459 g/mol. The average molecular weight is 460 g/mol. The zero-order valence-corrected chi connectivity index (χ0v) is 19.3. The molecule has 0 fully saturated rings. The molecule has 0 bridgehead atoms. The van der Waals surface area contributed by atoms with E-state index in [2.05, 4.69) is 11.4 Å². The standard InChI is InChI=1S/C25H27Cl2NO3/c1-3-30-24-15-19(16-28-13-12-20-6-4-5-7-23(20)29-2)14-22(27)25(24)31-17-18-8-10-21(26)11-9-18/h4-11,14-15,28H,3,12-13,16-17H2,1-2H3. The van der Waals surface area contributed by atoms with E-state index in [1.165, 1.54) is 5.56 Å². The van der Waals surface area contributed by atoms with Crippen LogP contribution in [0.1, 0.15) is 23.6 Å². The predicted molar refractivity (Wildman–Crippen MR) is 127 cm³/mol. The van der Waals surface area contributed by atoms with Crippen molar-refractivity contribution in [2.24, 2.45) is 0 Å². The maximum atomic E-state index is 6.54. The molecule has 0 heterocycles. The zero-order chi connectivity index (χ0) is 22.1. The fraction of sp³-hybridized carbons (Fsp3) is 0.280. The van der Waals surface area contributed by atoms with Gasteiger partial charge in [0.25, 0.3) is 0 Å². The third kappa shape index (κ3) is 6.79. The SMILES string of the molecule is CCOc1cc(CNCCc2ccccc2OC)cc(Cl)c1OCc1ccc(Cl)cc1. The van der Waals surface area contributed by atoms with Crippen LogP contribution in [0.3, 0.4) is 0 Å². The van der Waals surface area contributed by atoms with Gasteiger partial charge in [-0.25, -0.2) is 0 Å². The first-order valence-corrected chi connectivity index (χ1v) is 11.0. The summed E-state index contributed by atoms with van der Waals surface area (Å²) in [6, 6.07) is 19.5. The Morgan fingerprint density at radius 2 is 1.65 bits per heavy atom. The molecule has 1 N–H and O–H groups in total. The number of methoxy groups -OCH3 is 1. The van der Waals surface area contributed by atoms with Gasteiger partial charge in [0.1, 0.15) is 12.4 Å². The van der Waals surface area contributed by atoms with Gasteiger partial charge in [0.2, 0.25) is 0 Å². The Kier molecular flexibility index (Phi) is 8.89. The molecule has 0 aromatic heterocycles. The molecule has 0 spiro atoms. The van der Waals surface area contributed by atoms with E-state index in [4.69, 9.17) is 37.4 Å². The van der Waals surface area contributed by atoms with E-state index in [-0.39, 0.29) is 0 Å². The zero-order valence-electron chi connectivity index (χ0n) is 17.8. The highest BCUT2D eigenvalue weighted by molar-refractivity contribution is 6.32. The lowest BCUT2D eigenvalue weighted by atomic mass is 10.1. The maximum Gasteiger partial charge on any atom is 0.180 e. The second-order valence-electron chi connectivity index (χ2n) is 6.99. The van der Waals surface area contributed by atoms with Crippen molar-refractivity contribution >= 4 is 23.2 Å². The minimum atomic E-state index is 0.382. The molecular weight excluding hydrogens is 433 g/mol. The number of hydrogen-bond acceptors (Lipinski definition) is 4. The molecule has 0 radical (unpaired) electrons. The molecule has 6 heteroatoms. The lowest BCUT2D eigenvalue weighted by Crippen LogP contribution is -2.17. The number of rotatable bonds is 11. The van der Waals surface area contributed by atoms with Gasteiger partial charge in [0.05, 0.1) is 18.7 Å². The Morgan fingerprint density at radius 1 is 0.871 bits per heavy atom. The van der Waals surface area contributed by atoms with Crippen molar-refractivity contribution in [2.45, 2.75) is 26.5 Å². The van der Waals surface area contributed by atoms with Gasteiger partial charge in [0, 0.05) is 11.6 Å². The van der Waals surface area contributed by atoms with Crippen LogP contribution in [-0.4, -0.2) is 20.3 Å². The van der Waals surface area contributed by atoms with Crippen molar-refractivity contribution in [3.05, 3.63) is 87.4 Å². The Labute approximate surface area is 194 Å². The lowest BCUT2D eigenvalue weighted by molar-refractivity contribution is 0.269. The van der Waals surface area contributed by atoms with Gasteiger partial charge in [-0.2, -0.15) is 0 Å². The van der Waals surface area contributed by atoms with E-state index in [0.717, 1.165) is 29.8 Å².